The van der Waals surface area contributed by atoms with Crippen molar-refractivity contribution in [1.82, 2.24) is 10.2 Å². The number of nitrogens with one attached hydrogen (secondary N) is 1. The van der Waals surface area contributed by atoms with E-state index < -0.39 is 0 Å². The van der Waals surface area contributed by atoms with Crippen LogP contribution in [0.4, 0.5) is 0 Å². The molecule has 0 saturated heterocycles. The molecule has 2 heteroatoms. The molecular weight excluding hydrogens is 148 g/mol. The average molecular weight is 160 g/mol. The molecule has 62 valence electrons. The molecule has 0 bridgehead atoms. The smallest absolute Gasteiger partial charge is 0.0684 e. The maximum absolute atomic E-state index is 4.05. The number of nitrogens with zero attached hydrogens (tertiary/aromatic N) is 1. The highest BCUT2D eigenvalue weighted by atomic mass is 15.1. The number of aromatic nitrogens is 2. The van der Waals surface area contributed by atoms with Gasteiger partial charge in [-0.1, -0.05) is 19.1 Å². The number of fused-ring (bicyclic) bond motifs is 1. The summed E-state index contributed by atoms with van der Waals surface area (Å²) in [5, 5.41) is 8.32. The molecule has 0 aliphatic carbocycles. The fourth-order valence-electron chi connectivity index (χ4n) is 1.52. The van der Waals surface area contributed by atoms with E-state index >= 15 is 0 Å². The molecule has 0 spiro atoms. The van der Waals surface area contributed by atoms with Crippen molar-refractivity contribution in [2.75, 3.05) is 0 Å². The molecule has 2 rings (SSSR count). The summed E-state index contributed by atoms with van der Waals surface area (Å²) in [7, 11) is 0. The SMILES string of the molecule is CCc1ccc(C)c2cn[nH]c12. The van der Waals surface area contributed by atoms with Crippen LogP contribution < -0.4 is 0 Å². The summed E-state index contributed by atoms with van der Waals surface area (Å²) in [5.41, 5.74) is 3.82. The van der Waals surface area contributed by atoms with Crippen LogP contribution in [0.3, 0.4) is 0 Å². The van der Waals surface area contributed by atoms with E-state index in [1.54, 1.807) is 0 Å². The van der Waals surface area contributed by atoms with Gasteiger partial charge in [-0.25, -0.2) is 0 Å². The van der Waals surface area contributed by atoms with Gasteiger partial charge in [0.15, 0.2) is 0 Å². The Labute approximate surface area is 71.6 Å². The zero-order valence-electron chi connectivity index (χ0n) is 7.39. The van der Waals surface area contributed by atoms with Crippen LogP contribution in [0.1, 0.15) is 18.1 Å². The highest BCUT2D eigenvalue weighted by Crippen LogP contribution is 2.19. The zero-order valence-corrected chi connectivity index (χ0v) is 7.39. The van der Waals surface area contributed by atoms with Gasteiger partial charge in [-0.3, -0.25) is 5.10 Å². The number of aryl methyl sites for hydroxylation is 2. The predicted molar refractivity (Wildman–Crippen MR) is 50.2 cm³/mol. The van der Waals surface area contributed by atoms with Crippen LogP contribution in [0.15, 0.2) is 18.3 Å². The number of benzene rings is 1. The number of aromatic amines is 1. The van der Waals surface area contributed by atoms with Crippen molar-refractivity contribution in [3.05, 3.63) is 29.5 Å². The van der Waals surface area contributed by atoms with E-state index in [1.807, 2.05) is 6.20 Å². The Hall–Kier alpha value is -1.31. The van der Waals surface area contributed by atoms with Crippen molar-refractivity contribution in [2.24, 2.45) is 0 Å². The Balaban J connectivity index is 2.82. The average Bonchev–Trinajstić information content (AvgIpc) is 2.54. The number of hydrogen-bond acceptors (Lipinski definition) is 1. The van der Waals surface area contributed by atoms with E-state index in [-0.39, 0.29) is 0 Å². The molecular formula is C10H12N2. The third kappa shape index (κ3) is 0.916. The predicted octanol–water partition coefficient (Wildman–Crippen LogP) is 2.43. The van der Waals surface area contributed by atoms with Gasteiger partial charge in [-0.15, -0.1) is 0 Å². The number of H-pyrrole nitrogens is 1. The Morgan fingerprint density at radius 1 is 1.42 bits per heavy atom. The molecule has 1 aromatic carbocycles. The summed E-state index contributed by atoms with van der Waals surface area (Å²) >= 11 is 0. The molecule has 0 saturated carbocycles. The lowest BCUT2D eigenvalue weighted by Gasteiger charge is -2.00. The van der Waals surface area contributed by atoms with Gasteiger partial charge in [0.1, 0.15) is 0 Å². The molecule has 2 nitrogen and oxygen atoms in total. The van der Waals surface area contributed by atoms with E-state index in [9.17, 15) is 0 Å². The second-order valence-electron chi connectivity index (χ2n) is 3.05. The van der Waals surface area contributed by atoms with E-state index in [1.165, 1.54) is 22.0 Å². The lowest BCUT2D eigenvalue weighted by molar-refractivity contribution is 1.09. The molecule has 1 heterocycles. The summed E-state index contributed by atoms with van der Waals surface area (Å²) in [4.78, 5) is 0. The lowest BCUT2D eigenvalue weighted by Crippen LogP contribution is -1.84. The Morgan fingerprint density at radius 3 is 3.00 bits per heavy atom. The van der Waals surface area contributed by atoms with Crippen LogP contribution in [0.25, 0.3) is 10.9 Å². The monoisotopic (exact) mass is 160 g/mol. The van der Waals surface area contributed by atoms with Crippen molar-refractivity contribution < 1.29 is 0 Å². The Kier molecular flexibility index (Phi) is 1.61. The molecule has 0 fully saturated rings. The van der Waals surface area contributed by atoms with Crippen molar-refractivity contribution in [3.8, 4) is 0 Å². The minimum absolute atomic E-state index is 1.05. The van der Waals surface area contributed by atoms with E-state index in [0.29, 0.717) is 0 Å². The van der Waals surface area contributed by atoms with Crippen molar-refractivity contribution in [1.29, 1.82) is 0 Å². The van der Waals surface area contributed by atoms with Crippen molar-refractivity contribution in [2.45, 2.75) is 20.3 Å². The largest absolute Gasteiger partial charge is 0.278 e. The van der Waals surface area contributed by atoms with Gasteiger partial charge in [0.25, 0.3) is 0 Å². The van der Waals surface area contributed by atoms with E-state index in [0.717, 1.165) is 6.42 Å². The van der Waals surface area contributed by atoms with Crippen molar-refractivity contribution >= 4 is 10.9 Å². The first kappa shape index (κ1) is 7.35. The summed E-state index contributed by atoms with van der Waals surface area (Å²) in [6, 6.07) is 4.31. The molecule has 0 atom stereocenters. The molecule has 0 amide bonds. The standard InChI is InChI=1S/C10H12N2/c1-3-8-5-4-7(2)9-6-11-12-10(8)9/h4-6H,3H2,1-2H3,(H,11,12). The van der Waals surface area contributed by atoms with Crippen LogP contribution in [-0.4, -0.2) is 10.2 Å². The van der Waals surface area contributed by atoms with Gasteiger partial charge < -0.3 is 0 Å². The first-order valence-electron chi connectivity index (χ1n) is 4.24. The van der Waals surface area contributed by atoms with Crippen LogP contribution in [0.2, 0.25) is 0 Å². The van der Waals surface area contributed by atoms with Crippen LogP contribution in [-0.2, 0) is 6.42 Å². The first-order chi connectivity index (χ1) is 5.83. The molecule has 0 aliphatic heterocycles. The van der Waals surface area contributed by atoms with Gasteiger partial charge in [0, 0.05) is 5.39 Å². The maximum Gasteiger partial charge on any atom is 0.0684 e. The quantitative estimate of drug-likeness (QED) is 0.682. The van der Waals surface area contributed by atoms with E-state index in [2.05, 4.69) is 36.2 Å². The van der Waals surface area contributed by atoms with Gasteiger partial charge >= 0.3 is 0 Å². The third-order valence-corrected chi connectivity index (χ3v) is 2.30. The minimum atomic E-state index is 1.05. The molecule has 12 heavy (non-hydrogen) atoms. The molecule has 0 unspecified atom stereocenters. The normalized spacial score (nSPS) is 10.8. The van der Waals surface area contributed by atoms with Crippen LogP contribution in [0, 0.1) is 6.92 Å². The highest BCUT2D eigenvalue weighted by Gasteiger charge is 2.02. The molecule has 1 N–H and O–H groups in total. The first-order valence-corrected chi connectivity index (χ1v) is 4.24. The minimum Gasteiger partial charge on any atom is -0.278 e. The third-order valence-electron chi connectivity index (χ3n) is 2.30. The zero-order chi connectivity index (χ0) is 8.55. The van der Waals surface area contributed by atoms with Crippen LogP contribution in [0.5, 0.6) is 0 Å². The molecule has 1 aromatic heterocycles. The van der Waals surface area contributed by atoms with Crippen LogP contribution >= 0.6 is 0 Å². The van der Waals surface area contributed by atoms with Gasteiger partial charge in [-0.05, 0) is 24.5 Å². The Bertz CT molecular complexity index is 401. The van der Waals surface area contributed by atoms with Gasteiger partial charge in [0.2, 0.25) is 0 Å². The fourth-order valence-corrected chi connectivity index (χ4v) is 1.52. The molecule has 2 aromatic rings. The number of rotatable bonds is 1. The molecule has 0 radical (unpaired) electrons. The van der Waals surface area contributed by atoms with E-state index in [4.69, 9.17) is 0 Å². The Morgan fingerprint density at radius 2 is 2.25 bits per heavy atom. The maximum atomic E-state index is 4.05. The summed E-state index contributed by atoms with van der Waals surface area (Å²) in [6.45, 7) is 4.27. The topological polar surface area (TPSA) is 28.7 Å². The summed E-state index contributed by atoms with van der Waals surface area (Å²) in [5.74, 6) is 0. The second-order valence-corrected chi connectivity index (χ2v) is 3.05. The van der Waals surface area contributed by atoms with Crippen molar-refractivity contribution in [3.63, 3.8) is 0 Å². The number of hydrogen-bond donors (Lipinski definition) is 1. The summed E-state index contributed by atoms with van der Waals surface area (Å²) < 4.78 is 0. The second kappa shape index (κ2) is 2.63. The fraction of sp³-hybridized carbons (Fsp3) is 0.300. The van der Waals surface area contributed by atoms with Gasteiger partial charge in [0.05, 0.1) is 11.7 Å². The van der Waals surface area contributed by atoms with Gasteiger partial charge in [-0.2, -0.15) is 5.10 Å². The lowest BCUT2D eigenvalue weighted by atomic mass is 10.1. The summed E-state index contributed by atoms with van der Waals surface area (Å²) in [6.07, 6.45) is 2.95. The highest BCUT2D eigenvalue weighted by molar-refractivity contribution is 5.84. The molecule has 0 aliphatic rings.